The van der Waals surface area contributed by atoms with Crippen molar-refractivity contribution < 1.29 is 19.2 Å². The van der Waals surface area contributed by atoms with Crippen LogP contribution in [-0.4, -0.2) is 61.4 Å². The molecule has 0 aliphatic carbocycles. The summed E-state index contributed by atoms with van der Waals surface area (Å²) in [7, 11) is 0. The van der Waals surface area contributed by atoms with E-state index in [1.54, 1.807) is 0 Å². The van der Waals surface area contributed by atoms with Gasteiger partial charge < -0.3 is 26.6 Å². The minimum Gasteiger partial charge on any atom is -0.356 e. The molecule has 0 radical (unpaired) electrons. The summed E-state index contributed by atoms with van der Waals surface area (Å²) in [5, 5.41) is 15.5. The molecule has 2 atom stereocenters. The van der Waals surface area contributed by atoms with Crippen molar-refractivity contribution in [2.75, 3.05) is 19.6 Å². The van der Waals surface area contributed by atoms with E-state index in [1.165, 1.54) is 44.9 Å². The fraction of sp³-hybridized carbons (Fsp3) is 0.905. The van der Waals surface area contributed by atoms with E-state index in [2.05, 4.69) is 68.1 Å². The average molecular weight is 722 g/mol. The summed E-state index contributed by atoms with van der Waals surface area (Å²) in [6, 6.07) is -1.42. The molecule has 0 aromatic carbocycles. The Labute approximate surface area is 314 Å². The number of hydrogen-bond acceptors (Lipinski definition) is 5. The fourth-order valence-electron chi connectivity index (χ4n) is 6.16. The first kappa shape index (κ1) is 48.8. The molecular weight excluding hydrogens is 638 g/mol. The quantitative estimate of drug-likeness (QED) is 0.0427. The Morgan fingerprint density at radius 3 is 1.31 bits per heavy atom. The van der Waals surface area contributed by atoms with Crippen LogP contribution in [0.5, 0.6) is 0 Å². The van der Waals surface area contributed by atoms with Crippen molar-refractivity contribution in [1.82, 2.24) is 26.6 Å². The standard InChI is InChI=1S/C42H83N5O4/c1-33(2)23-13-9-10-16-29-40(49)46-37(26-19-22-32-44-39(48)28-17-11-14-24-34(3)4)42(51)47-38(41(50)45-36(7)8)27-18-21-31-43-30-20-12-15-25-35(5)6/h33-38,43H,9-32H2,1-8H3,(H,44,48)(H,45,50)(H,46,49)(H,47,51). The number of nitrogens with one attached hydrogen (secondary N) is 5. The van der Waals surface area contributed by atoms with Gasteiger partial charge in [0.25, 0.3) is 0 Å². The summed E-state index contributed by atoms with van der Waals surface area (Å²) in [6.45, 7) is 19.7. The molecule has 0 aliphatic rings. The lowest BCUT2D eigenvalue weighted by Gasteiger charge is -2.24. The lowest BCUT2D eigenvalue weighted by Crippen LogP contribution is -2.54. The third kappa shape index (κ3) is 32.2. The van der Waals surface area contributed by atoms with Crippen molar-refractivity contribution in [3.8, 4) is 0 Å². The molecule has 9 heteroatoms. The summed E-state index contributed by atoms with van der Waals surface area (Å²) in [5.41, 5.74) is 0. The first-order chi connectivity index (χ1) is 24.3. The molecule has 0 rings (SSSR count). The van der Waals surface area contributed by atoms with Gasteiger partial charge in [0.15, 0.2) is 0 Å². The molecule has 5 N–H and O–H groups in total. The molecule has 2 unspecified atom stereocenters. The Bertz CT molecular complexity index is 892. The van der Waals surface area contributed by atoms with Crippen LogP contribution < -0.4 is 26.6 Å². The third-order valence-corrected chi connectivity index (χ3v) is 9.31. The van der Waals surface area contributed by atoms with Crippen LogP contribution in [0.4, 0.5) is 0 Å². The van der Waals surface area contributed by atoms with Crippen LogP contribution >= 0.6 is 0 Å². The first-order valence-corrected chi connectivity index (χ1v) is 21.2. The zero-order chi connectivity index (χ0) is 38.3. The second-order valence-corrected chi connectivity index (χ2v) is 16.5. The molecule has 51 heavy (non-hydrogen) atoms. The van der Waals surface area contributed by atoms with Crippen LogP contribution in [-0.2, 0) is 19.2 Å². The average Bonchev–Trinajstić information content (AvgIpc) is 3.04. The van der Waals surface area contributed by atoms with Crippen molar-refractivity contribution in [3.63, 3.8) is 0 Å². The third-order valence-electron chi connectivity index (χ3n) is 9.31. The van der Waals surface area contributed by atoms with Crippen molar-refractivity contribution >= 4 is 23.6 Å². The molecule has 0 saturated heterocycles. The Kier molecular flexibility index (Phi) is 31.1. The van der Waals surface area contributed by atoms with Crippen LogP contribution in [0.3, 0.4) is 0 Å². The second-order valence-electron chi connectivity index (χ2n) is 16.5. The number of amides is 4. The summed E-state index contributed by atoms with van der Waals surface area (Å²) in [6.07, 6.45) is 19.7. The maximum absolute atomic E-state index is 13.7. The zero-order valence-corrected chi connectivity index (χ0v) is 34.6. The van der Waals surface area contributed by atoms with Gasteiger partial charge in [-0.3, -0.25) is 19.2 Å². The van der Waals surface area contributed by atoms with Crippen LogP contribution in [0.1, 0.15) is 190 Å². The summed E-state index contributed by atoms with van der Waals surface area (Å²) in [5.74, 6) is 1.61. The Hall–Kier alpha value is -2.16. The van der Waals surface area contributed by atoms with Gasteiger partial charge in [-0.2, -0.15) is 0 Å². The maximum Gasteiger partial charge on any atom is 0.243 e. The lowest BCUT2D eigenvalue weighted by molar-refractivity contribution is -0.132. The molecule has 300 valence electrons. The van der Waals surface area contributed by atoms with Gasteiger partial charge in [-0.1, -0.05) is 106 Å². The predicted molar refractivity (Wildman–Crippen MR) is 214 cm³/mol. The summed E-state index contributed by atoms with van der Waals surface area (Å²) in [4.78, 5) is 52.1. The highest BCUT2D eigenvalue weighted by Crippen LogP contribution is 2.12. The number of unbranched alkanes of at least 4 members (excludes halogenated alkanes) is 9. The monoisotopic (exact) mass is 722 g/mol. The van der Waals surface area contributed by atoms with Gasteiger partial charge >= 0.3 is 0 Å². The zero-order valence-electron chi connectivity index (χ0n) is 34.6. The Morgan fingerprint density at radius 1 is 0.392 bits per heavy atom. The van der Waals surface area contributed by atoms with Crippen LogP contribution in [0.2, 0.25) is 0 Å². The Morgan fingerprint density at radius 2 is 0.784 bits per heavy atom. The van der Waals surface area contributed by atoms with Gasteiger partial charge in [-0.15, -0.1) is 0 Å². The maximum atomic E-state index is 13.7. The Balaban J connectivity index is 5.03. The molecule has 0 fully saturated rings. The molecule has 0 heterocycles. The van der Waals surface area contributed by atoms with Crippen molar-refractivity contribution in [2.24, 2.45) is 17.8 Å². The van der Waals surface area contributed by atoms with Gasteiger partial charge in [0.05, 0.1) is 0 Å². The lowest BCUT2D eigenvalue weighted by atomic mass is 10.0. The molecule has 4 amide bonds. The topological polar surface area (TPSA) is 128 Å². The summed E-state index contributed by atoms with van der Waals surface area (Å²) < 4.78 is 0. The molecule has 0 bridgehead atoms. The highest BCUT2D eigenvalue weighted by atomic mass is 16.2. The van der Waals surface area contributed by atoms with Crippen LogP contribution in [0.15, 0.2) is 0 Å². The number of hydrogen-bond donors (Lipinski definition) is 5. The normalized spacial score (nSPS) is 12.8. The minimum atomic E-state index is -0.721. The van der Waals surface area contributed by atoms with Gasteiger partial charge in [-0.05, 0) is 102 Å². The van der Waals surface area contributed by atoms with E-state index < -0.39 is 12.1 Å². The highest BCUT2D eigenvalue weighted by Gasteiger charge is 2.26. The van der Waals surface area contributed by atoms with Crippen molar-refractivity contribution in [1.29, 1.82) is 0 Å². The van der Waals surface area contributed by atoms with E-state index in [4.69, 9.17) is 0 Å². The van der Waals surface area contributed by atoms with E-state index in [-0.39, 0.29) is 29.7 Å². The molecule has 0 saturated carbocycles. The second kappa shape index (κ2) is 32.5. The fourth-order valence-corrected chi connectivity index (χ4v) is 6.16. The molecule has 0 aromatic rings. The highest BCUT2D eigenvalue weighted by molar-refractivity contribution is 5.92. The van der Waals surface area contributed by atoms with Gasteiger partial charge in [-0.25, -0.2) is 0 Å². The number of carbonyl (C=O) groups excluding carboxylic acids is 4. The minimum absolute atomic E-state index is 0.0412. The van der Waals surface area contributed by atoms with Crippen molar-refractivity contribution in [3.05, 3.63) is 0 Å². The van der Waals surface area contributed by atoms with Crippen molar-refractivity contribution in [2.45, 2.75) is 208 Å². The number of carbonyl (C=O) groups is 4. The SMILES string of the molecule is CC(C)CCCCCCC(=O)NC(CCCCNC(=O)CCCCCC(C)C)C(=O)NC(CCCCNCCCCCC(C)C)C(=O)NC(C)C. The molecule has 9 nitrogen and oxygen atoms in total. The molecule has 0 aliphatic heterocycles. The van der Waals surface area contributed by atoms with E-state index >= 15 is 0 Å². The molecular formula is C42H83N5O4. The molecule has 0 spiro atoms. The van der Waals surface area contributed by atoms with E-state index in [0.717, 1.165) is 76.8 Å². The van der Waals surface area contributed by atoms with Gasteiger partial charge in [0.2, 0.25) is 23.6 Å². The smallest absolute Gasteiger partial charge is 0.243 e. The van der Waals surface area contributed by atoms with Gasteiger partial charge in [0, 0.05) is 25.4 Å². The predicted octanol–water partition coefficient (Wildman–Crippen LogP) is 8.35. The van der Waals surface area contributed by atoms with E-state index in [9.17, 15) is 19.2 Å². The van der Waals surface area contributed by atoms with E-state index in [1.807, 2.05) is 13.8 Å². The van der Waals surface area contributed by atoms with E-state index in [0.29, 0.717) is 50.5 Å². The largest absolute Gasteiger partial charge is 0.356 e. The first-order valence-electron chi connectivity index (χ1n) is 21.2. The summed E-state index contributed by atoms with van der Waals surface area (Å²) >= 11 is 0. The van der Waals surface area contributed by atoms with Gasteiger partial charge in [0.1, 0.15) is 12.1 Å². The number of rotatable bonds is 34. The van der Waals surface area contributed by atoms with Crippen LogP contribution in [0, 0.1) is 17.8 Å². The molecule has 0 aromatic heterocycles. The van der Waals surface area contributed by atoms with Crippen LogP contribution in [0.25, 0.3) is 0 Å².